The van der Waals surface area contributed by atoms with E-state index in [0.717, 1.165) is 64.7 Å². The van der Waals surface area contributed by atoms with Gasteiger partial charge in [-0.25, -0.2) is 4.98 Å². The van der Waals surface area contributed by atoms with Crippen molar-refractivity contribution >= 4 is 16.6 Å². The van der Waals surface area contributed by atoms with Crippen LogP contribution in [0.5, 0.6) is 0 Å². The molecule has 0 saturated carbocycles. The number of furan rings is 1. The van der Waals surface area contributed by atoms with E-state index < -0.39 is 0 Å². The van der Waals surface area contributed by atoms with Gasteiger partial charge in [-0.15, -0.1) is 0 Å². The zero-order valence-electron chi connectivity index (χ0n) is 15.8. The fraction of sp³-hybridized carbons (Fsp3) is 0.208. The van der Waals surface area contributed by atoms with Crippen LogP contribution in [-0.4, -0.2) is 28.0 Å². The van der Waals surface area contributed by atoms with E-state index in [1.807, 2.05) is 30.3 Å². The molecule has 4 aromatic rings. The minimum absolute atomic E-state index is 0.769. The first-order valence-corrected chi connectivity index (χ1v) is 9.82. The number of fused-ring (bicyclic) bond motifs is 1. The summed E-state index contributed by atoms with van der Waals surface area (Å²) < 4.78 is 6.06. The van der Waals surface area contributed by atoms with Crippen LogP contribution in [0.25, 0.3) is 28.2 Å². The van der Waals surface area contributed by atoms with Crippen molar-refractivity contribution in [2.75, 3.05) is 13.1 Å². The van der Waals surface area contributed by atoms with Crippen LogP contribution >= 0.6 is 0 Å². The molecule has 1 N–H and O–H groups in total. The molecule has 0 bridgehead atoms. The average Bonchev–Trinajstić information content (AvgIpc) is 3.48. The summed E-state index contributed by atoms with van der Waals surface area (Å²) in [5, 5.41) is 0. The quantitative estimate of drug-likeness (QED) is 0.507. The maximum absolute atomic E-state index is 6.06. The second-order valence-electron chi connectivity index (χ2n) is 7.41. The summed E-state index contributed by atoms with van der Waals surface area (Å²) in [5.41, 5.74) is 5.13. The minimum Gasteiger partial charge on any atom is -0.456 e. The Morgan fingerprint density at radius 1 is 1.00 bits per heavy atom. The molecule has 4 heteroatoms. The minimum atomic E-state index is 0.769. The molecule has 0 atom stereocenters. The highest BCUT2D eigenvalue weighted by atomic mass is 16.3. The average molecular weight is 369 g/mol. The molecule has 5 rings (SSSR count). The summed E-state index contributed by atoms with van der Waals surface area (Å²) in [4.78, 5) is 10.5. The number of benzene rings is 2. The first-order valence-electron chi connectivity index (χ1n) is 9.82. The first kappa shape index (κ1) is 17.0. The molecule has 0 aliphatic carbocycles. The second-order valence-corrected chi connectivity index (χ2v) is 7.41. The number of likely N-dealkylation sites (tertiary alicyclic amines) is 1. The molecule has 0 amide bonds. The number of nitrogens with one attached hydrogen (secondary N) is 1. The van der Waals surface area contributed by atoms with Gasteiger partial charge in [0, 0.05) is 0 Å². The van der Waals surface area contributed by atoms with Crippen molar-refractivity contribution < 1.29 is 4.42 Å². The molecule has 1 fully saturated rings. The first-order chi connectivity index (χ1) is 13.8. The van der Waals surface area contributed by atoms with Crippen LogP contribution in [0.1, 0.15) is 29.7 Å². The topological polar surface area (TPSA) is 45.1 Å². The molecule has 0 unspecified atom stereocenters. The lowest BCUT2D eigenvalue weighted by Crippen LogP contribution is -2.17. The Morgan fingerprint density at radius 2 is 1.82 bits per heavy atom. The van der Waals surface area contributed by atoms with Gasteiger partial charge in [-0.3, -0.25) is 4.90 Å². The van der Waals surface area contributed by atoms with Crippen LogP contribution < -0.4 is 0 Å². The van der Waals surface area contributed by atoms with Gasteiger partial charge in [-0.05, 0) is 66.9 Å². The number of aromatic amines is 1. The zero-order valence-corrected chi connectivity index (χ0v) is 15.8. The van der Waals surface area contributed by atoms with E-state index in [0.29, 0.717) is 0 Å². The van der Waals surface area contributed by atoms with Gasteiger partial charge in [0.15, 0.2) is 11.6 Å². The third-order valence-electron chi connectivity index (χ3n) is 5.43. The van der Waals surface area contributed by atoms with Gasteiger partial charge in [0.2, 0.25) is 0 Å². The highest BCUT2D eigenvalue weighted by Crippen LogP contribution is 2.27. The number of aromatic nitrogens is 2. The Kier molecular flexibility index (Phi) is 4.34. The van der Waals surface area contributed by atoms with Gasteiger partial charge < -0.3 is 9.40 Å². The monoisotopic (exact) mass is 369 g/mol. The number of hydrogen-bond acceptors (Lipinski definition) is 3. The highest BCUT2D eigenvalue weighted by Gasteiger charge is 2.15. The molecular weight excluding hydrogens is 346 g/mol. The SMILES string of the molecule is C=C(c1ccccc1)c1ccc2nc(-c3ccc(CN4CCCC4)o3)[nH]c2c1. The maximum Gasteiger partial charge on any atom is 0.174 e. The maximum atomic E-state index is 6.06. The number of hydrogen-bond donors (Lipinski definition) is 1. The predicted molar refractivity (Wildman–Crippen MR) is 113 cm³/mol. The number of nitrogens with zero attached hydrogens (tertiary/aromatic N) is 2. The lowest BCUT2D eigenvalue weighted by molar-refractivity contribution is 0.299. The van der Waals surface area contributed by atoms with Gasteiger partial charge in [0.25, 0.3) is 0 Å². The normalized spacial score (nSPS) is 14.7. The Balaban J connectivity index is 1.41. The van der Waals surface area contributed by atoms with E-state index in [9.17, 15) is 0 Å². The van der Waals surface area contributed by atoms with Crippen molar-refractivity contribution in [1.82, 2.24) is 14.9 Å². The molecule has 1 saturated heterocycles. The molecule has 0 radical (unpaired) electrons. The Morgan fingerprint density at radius 3 is 2.64 bits per heavy atom. The lowest BCUT2D eigenvalue weighted by atomic mass is 9.99. The standard InChI is InChI=1S/C24H23N3O/c1-17(18-7-3-2-4-8-18)19-9-11-21-22(15-19)26-24(25-21)23-12-10-20(28-23)16-27-13-5-6-14-27/h2-4,7-12,15H,1,5-6,13-14,16H2,(H,25,26). The van der Waals surface area contributed by atoms with Gasteiger partial charge >= 0.3 is 0 Å². The smallest absolute Gasteiger partial charge is 0.174 e. The lowest BCUT2D eigenvalue weighted by Gasteiger charge is -2.11. The highest BCUT2D eigenvalue weighted by molar-refractivity contribution is 5.86. The zero-order chi connectivity index (χ0) is 18.9. The van der Waals surface area contributed by atoms with E-state index in [1.165, 1.54) is 12.8 Å². The fourth-order valence-electron chi connectivity index (χ4n) is 3.87. The van der Waals surface area contributed by atoms with Crippen LogP contribution in [0.2, 0.25) is 0 Å². The fourth-order valence-corrected chi connectivity index (χ4v) is 3.87. The molecule has 28 heavy (non-hydrogen) atoms. The molecule has 4 nitrogen and oxygen atoms in total. The van der Waals surface area contributed by atoms with E-state index in [2.05, 4.69) is 46.8 Å². The largest absolute Gasteiger partial charge is 0.456 e. The molecule has 1 aliphatic heterocycles. The van der Waals surface area contributed by atoms with Gasteiger partial charge in [-0.1, -0.05) is 43.0 Å². The molecule has 0 spiro atoms. The number of imidazole rings is 1. The number of H-pyrrole nitrogens is 1. The number of rotatable bonds is 5. The summed E-state index contributed by atoms with van der Waals surface area (Å²) in [6.45, 7) is 7.46. The Bertz CT molecular complexity index is 1120. The van der Waals surface area contributed by atoms with Crippen LogP contribution in [-0.2, 0) is 6.54 Å². The van der Waals surface area contributed by atoms with Crippen molar-refractivity contribution in [2.45, 2.75) is 19.4 Å². The van der Waals surface area contributed by atoms with E-state index in [4.69, 9.17) is 9.40 Å². The van der Waals surface area contributed by atoms with Crippen LogP contribution in [0.15, 0.2) is 71.7 Å². The van der Waals surface area contributed by atoms with Crippen LogP contribution in [0.3, 0.4) is 0 Å². The van der Waals surface area contributed by atoms with E-state index in [1.54, 1.807) is 0 Å². The van der Waals surface area contributed by atoms with Crippen molar-refractivity contribution in [3.63, 3.8) is 0 Å². The third-order valence-corrected chi connectivity index (χ3v) is 5.43. The Labute approximate surface area is 164 Å². The summed E-state index contributed by atoms with van der Waals surface area (Å²) >= 11 is 0. The summed E-state index contributed by atoms with van der Waals surface area (Å²) in [6, 6.07) is 20.5. The van der Waals surface area contributed by atoms with Gasteiger partial charge in [-0.2, -0.15) is 0 Å². The van der Waals surface area contributed by atoms with Gasteiger partial charge in [0.1, 0.15) is 5.76 Å². The van der Waals surface area contributed by atoms with Crippen molar-refractivity contribution in [3.8, 4) is 11.6 Å². The van der Waals surface area contributed by atoms with Crippen LogP contribution in [0.4, 0.5) is 0 Å². The van der Waals surface area contributed by atoms with Gasteiger partial charge in [0.05, 0.1) is 17.6 Å². The van der Waals surface area contributed by atoms with E-state index in [-0.39, 0.29) is 0 Å². The second kappa shape index (κ2) is 7.13. The molecule has 2 aromatic carbocycles. The van der Waals surface area contributed by atoms with Crippen molar-refractivity contribution in [2.24, 2.45) is 0 Å². The molecule has 140 valence electrons. The molecular formula is C24H23N3O. The van der Waals surface area contributed by atoms with Crippen LogP contribution in [0, 0.1) is 0 Å². The summed E-state index contributed by atoms with van der Waals surface area (Å²) in [5.74, 6) is 2.55. The summed E-state index contributed by atoms with van der Waals surface area (Å²) in [6.07, 6.45) is 2.57. The molecule has 3 heterocycles. The predicted octanol–water partition coefficient (Wildman–Crippen LogP) is 5.48. The van der Waals surface area contributed by atoms with Crippen molar-refractivity contribution in [3.05, 3.63) is 84.1 Å². The van der Waals surface area contributed by atoms with Crippen molar-refractivity contribution in [1.29, 1.82) is 0 Å². The third kappa shape index (κ3) is 3.27. The Hall–Kier alpha value is -3.11. The molecule has 1 aliphatic rings. The van der Waals surface area contributed by atoms with E-state index >= 15 is 0 Å². The molecule has 2 aromatic heterocycles. The summed E-state index contributed by atoms with van der Waals surface area (Å²) in [7, 11) is 0.